The van der Waals surface area contributed by atoms with Crippen LogP contribution < -0.4 is 11.3 Å². The van der Waals surface area contributed by atoms with Crippen LogP contribution in [0.2, 0.25) is 0 Å². The second-order valence-corrected chi connectivity index (χ2v) is 5.55. The number of hydrazine groups is 1. The summed E-state index contributed by atoms with van der Waals surface area (Å²) in [4.78, 5) is 0. The predicted octanol–water partition coefficient (Wildman–Crippen LogP) is 2.78. The highest BCUT2D eigenvalue weighted by molar-refractivity contribution is 5.20. The van der Waals surface area contributed by atoms with E-state index in [2.05, 4.69) is 26.2 Å². The van der Waals surface area contributed by atoms with Crippen LogP contribution in [0.25, 0.3) is 0 Å². The second kappa shape index (κ2) is 5.56. The van der Waals surface area contributed by atoms with Crippen molar-refractivity contribution in [3.63, 3.8) is 0 Å². The van der Waals surface area contributed by atoms with Gasteiger partial charge < -0.3 is 0 Å². The van der Waals surface area contributed by atoms with E-state index < -0.39 is 11.6 Å². The maximum atomic E-state index is 13.5. The molecular weight excluding hydrogens is 222 g/mol. The zero-order chi connectivity index (χ0) is 13.1. The Balaban J connectivity index is 2.77. The van der Waals surface area contributed by atoms with E-state index >= 15 is 0 Å². The van der Waals surface area contributed by atoms with E-state index in [4.69, 9.17) is 5.84 Å². The van der Waals surface area contributed by atoms with Crippen LogP contribution in [0.15, 0.2) is 18.2 Å². The van der Waals surface area contributed by atoms with Crippen LogP contribution in [0.4, 0.5) is 8.78 Å². The Labute approximate surface area is 101 Å². The molecule has 1 aromatic rings. The third-order valence-corrected chi connectivity index (χ3v) is 2.59. The van der Waals surface area contributed by atoms with E-state index in [0.717, 1.165) is 12.5 Å². The lowest BCUT2D eigenvalue weighted by molar-refractivity contribution is 0.306. The number of nitrogens with one attached hydrogen (secondary N) is 1. The van der Waals surface area contributed by atoms with Crippen molar-refractivity contribution < 1.29 is 8.78 Å². The third-order valence-electron chi connectivity index (χ3n) is 2.59. The van der Waals surface area contributed by atoms with Crippen molar-refractivity contribution in [2.75, 3.05) is 0 Å². The largest absolute Gasteiger partial charge is 0.271 e. The molecule has 0 aliphatic carbocycles. The minimum Gasteiger partial charge on any atom is -0.271 e. The Kier molecular flexibility index (Phi) is 4.60. The summed E-state index contributed by atoms with van der Waals surface area (Å²) >= 11 is 0. The first-order valence-electron chi connectivity index (χ1n) is 5.72. The fraction of sp³-hybridized carbons (Fsp3) is 0.538. The minimum absolute atomic E-state index is 0.0636. The molecule has 2 nitrogen and oxygen atoms in total. The molecule has 1 unspecified atom stereocenters. The average Bonchev–Trinajstić information content (AvgIpc) is 2.21. The van der Waals surface area contributed by atoms with Gasteiger partial charge in [0.25, 0.3) is 0 Å². The Bertz CT molecular complexity index is 372. The van der Waals surface area contributed by atoms with Crippen LogP contribution in [-0.4, -0.2) is 6.04 Å². The number of benzene rings is 1. The Morgan fingerprint density at radius 1 is 1.29 bits per heavy atom. The van der Waals surface area contributed by atoms with E-state index in [1.165, 1.54) is 6.07 Å². The summed E-state index contributed by atoms with van der Waals surface area (Å²) in [7, 11) is 0. The summed E-state index contributed by atoms with van der Waals surface area (Å²) in [5, 5.41) is 0. The van der Waals surface area contributed by atoms with Gasteiger partial charge in [0.1, 0.15) is 0 Å². The lowest BCUT2D eigenvalue weighted by Gasteiger charge is -2.25. The van der Waals surface area contributed by atoms with E-state index in [0.29, 0.717) is 12.0 Å². The monoisotopic (exact) mass is 242 g/mol. The van der Waals surface area contributed by atoms with Crippen molar-refractivity contribution in [3.8, 4) is 0 Å². The van der Waals surface area contributed by atoms with Crippen LogP contribution in [-0.2, 0) is 6.42 Å². The van der Waals surface area contributed by atoms with Gasteiger partial charge >= 0.3 is 0 Å². The molecule has 0 aliphatic heterocycles. The molecule has 1 aromatic carbocycles. The van der Waals surface area contributed by atoms with Gasteiger partial charge in [-0.1, -0.05) is 32.9 Å². The maximum Gasteiger partial charge on any atom is 0.162 e. The first kappa shape index (κ1) is 14.1. The molecule has 0 saturated carbocycles. The quantitative estimate of drug-likeness (QED) is 0.629. The lowest BCUT2D eigenvalue weighted by atomic mass is 9.86. The van der Waals surface area contributed by atoms with Crippen LogP contribution in [0.5, 0.6) is 0 Å². The number of hydrogen-bond donors (Lipinski definition) is 2. The molecule has 0 bridgehead atoms. The van der Waals surface area contributed by atoms with Crippen molar-refractivity contribution in [2.24, 2.45) is 11.3 Å². The summed E-state index contributed by atoms with van der Waals surface area (Å²) in [6.07, 6.45) is 1.18. The molecule has 3 N–H and O–H groups in total. The summed E-state index contributed by atoms with van der Waals surface area (Å²) in [5.74, 6) is 3.86. The lowest BCUT2D eigenvalue weighted by Crippen LogP contribution is -2.39. The molecule has 0 heterocycles. The predicted molar refractivity (Wildman–Crippen MR) is 65.2 cm³/mol. The number of rotatable bonds is 4. The van der Waals surface area contributed by atoms with Gasteiger partial charge in [0.2, 0.25) is 0 Å². The van der Waals surface area contributed by atoms with Crippen molar-refractivity contribution >= 4 is 0 Å². The van der Waals surface area contributed by atoms with Crippen molar-refractivity contribution in [1.82, 2.24) is 5.43 Å². The van der Waals surface area contributed by atoms with E-state index in [-0.39, 0.29) is 11.5 Å². The topological polar surface area (TPSA) is 38.0 Å². The standard InChI is InChI=1S/C13H20F2N2/c1-13(2,3)8-10(17-16)7-9-5-4-6-11(14)12(9)15/h4-6,10,17H,7-8,16H2,1-3H3. The molecular formula is C13H20F2N2. The van der Waals surface area contributed by atoms with Gasteiger partial charge in [0.15, 0.2) is 11.6 Å². The molecule has 4 heteroatoms. The summed E-state index contributed by atoms with van der Waals surface area (Å²) in [6.45, 7) is 6.25. The van der Waals surface area contributed by atoms with Crippen LogP contribution in [0.1, 0.15) is 32.8 Å². The Morgan fingerprint density at radius 3 is 2.47 bits per heavy atom. The molecule has 0 saturated heterocycles. The van der Waals surface area contributed by atoms with Gasteiger partial charge in [-0.3, -0.25) is 11.3 Å². The first-order chi connectivity index (χ1) is 7.83. The van der Waals surface area contributed by atoms with Gasteiger partial charge in [-0.15, -0.1) is 0 Å². The van der Waals surface area contributed by atoms with Crippen LogP contribution in [0.3, 0.4) is 0 Å². The smallest absolute Gasteiger partial charge is 0.162 e. The summed E-state index contributed by atoms with van der Waals surface area (Å²) in [5.41, 5.74) is 3.11. The molecule has 0 amide bonds. The molecule has 0 radical (unpaired) electrons. The molecule has 1 atom stereocenters. The maximum absolute atomic E-state index is 13.5. The number of hydrogen-bond acceptors (Lipinski definition) is 2. The third kappa shape index (κ3) is 4.40. The zero-order valence-corrected chi connectivity index (χ0v) is 10.6. The fourth-order valence-electron chi connectivity index (χ4n) is 1.90. The zero-order valence-electron chi connectivity index (χ0n) is 10.6. The van der Waals surface area contributed by atoms with Crippen LogP contribution >= 0.6 is 0 Å². The van der Waals surface area contributed by atoms with Crippen LogP contribution in [0, 0.1) is 17.0 Å². The van der Waals surface area contributed by atoms with E-state index in [1.54, 1.807) is 6.07 Å². The molecule has 0 spiro atoms. The van der Waals surface area contributed by atoms with Gasteiger partial charge in [0, 0.05) is 6.04 Å². The van der Waals surface area contributed by atoms with E-state index in [9.17, 15) is 8.78 Å². The second-order valence-electron chi connectivity index (χ2n) is 5.55. The summed E-state index contributed by atoms with van der Waals surface area (Å²) < 4.78 is 26.5. The molecule has 96 valence electrons. The SMILES string of the molecule is CC(C)(C)CC(Cc1cccc(F)c1F)NN. The average molecular weight is 242 g/mol. The van der Waals surface area contributed by atoms with Gasteiger partial charge in [-0.25, -0.2) is 8.78 Å². The highest BCUT2D eigenvalue weighted by Gasteiger charge is 2.20. The van der Waals surface area contributed by atoms with Gasteiger partial charge in [-0.2, -0.15) is 0 Å². The number of nitrogens with two attached hydrogens (primary N) is 1. The van der Waals surface area contributed by atoms with Crippen molar-refractivity contribution in [2.45, 2.75) is 39.7 Å². The molecule has 1 rings (SSSR count). The van der Waals surface area contributed by atoms with Crippen molar-refractivity contribution in [1.29, 1.82) is 0 Å². The number of halogens is 2. The van der Waals surface area contributed by atoms with Gasteiger partial charge in [0.05, 0.1) is 0 Å². The molecule has 0 aromatic heterocycles. The highest BCUT2D eigenvalue weighted by Crippen LogP contribution is 2.23. The molecule has 0 fully saturated rings. The molecule has 0 aliphatic rings. The highest BCUT2D eigenvalue weighted by atomic mass is 19.2. The van der Waals surface area contributed by atoms with Gasteiger partial charge in [-0.05, 0) is 29.9 Å². The first-order valence-corrected chi connectivity index (χ1v) is 5.72. The Morgan fingerprint density at radius 2 is 1.94 bits per heavy atom. The summed E-state index contributed by atoms with van der Waals surface area (Å²) in [6, 6.07) is 4.16. The Hall–Kier alpha value is -1.00. The molecule has 17 heavy (non-hydrogen) atoms. The van der Waals surface area contributed by atoms with E-state index in [1.807, 2.05) is 0 Å². The fourth-order valence-corrected chi connectivity index (χ4v) is 1.90. The van der Waals surface area contributed by atoms with Crippen molar-refractivity contribution in [3.05, 3.63) is 35.4 Å². The minimum atomic E-state index is -0.811. The normalized spacial score (nSPS) is 13.8.